The summed E-state index contributed by atoms with van der Waals surface area (Å²) in [5.74, 6) is -0.301. The standard InChI is InChI=1S/2C11H16N2O.2ClH/c2*1-7-5-4-6-8(2)10(7)13-11(14)9(3)12;;/h2*4-6,9H,12H2,1-3H3,(H,13,14);2*1H. The molecule has 2 atom stereocenters. The quantitative estimate of drug-likeness (QED) is 0.556. The van der Waals surface area contributed by atoms with Crippen LogP contribution in [0.5, 0.6) is 0 Å². The monoisotopic (exact) mass is 456 g/mol. The lowest BCUT2D eigenvalue weighted by Crippen LogP contribution is -2.32. The van der Waals surface area contributed by atoms with Gasteiger partial charge >= 0.3 is 0 Å². The molecule has 0 radical (unpaired) electrons. The van der Waals surface area contributed by atoms with Crippen molar-refractivity contribution in [1.29, 1.82) is 0 Å². The zero-order chi connectivity index (χ0) is 21.4. The molecule has 6 N–H and O–H groups in total. The minimum Gasteiger partial charge on any atom is -0.324 e. The van der Waals surface area contributed by atoms with Gasteiger partial charge in [0.15, 0.2) is 0 Å². The van der Waals surface area contributed by atoms with Crippen molar-refractivity contribution in [2.45, 2.75) is 53.6 Å². The third kappa shape index (κ3) is 9.13. The Hall–Kier alpha value is -2.12. The lowest BCUT2D eigenvalue weighted by atomic mass is 10.1. The number of aryl methyl sites for hydroxylation is 4. The Labute approximate surface area is 192 Å². The van der Waals surface area contributed by atoms with Crippen molar-refractivity contribution in [3.8, 4) is 0 Å². The Kier molecular flexibility index (Phi) is 14.0. The first-order chi connectivity index (χ1) is 13.0. The summed E-state index contributed by atoms with van der Waals surface area (Å²) < 4.78 is 0. The van der Waals surface area contributed by atoms with E-state index in [4.69, 9.17) is 11.5 Å². The van der Waals surface area contributed by atoms with Gasteiger partial charge < -0.3 is 22.1 Å². The first-order valence-corrected chi connectivity index (χ1v) is 9.29. The number of hydrogen-bond donors (Lipinski definition) is 4. The molecule has 6 nitrogen and oxygen atoms in total. The van der Waals surface area contributed by atoms with Crippen LogP contribution < -0.4 is 22.1 Å². The second-order valence-electron chi connectivity index (χ2n) is 7.09. The van der Waals surface area contributed by atoms with Gasteiger partial charge in [0, 0.05) is 11.4 Å². The minimum absolute atomic E-state index is 0. The highest BCUT2D eigenvalue weighted by Gasteiger charge is 2.11. The molecule has 0 aromatic heterocycles. The number of carbonyl (C=O) groups excluding carboxylic acids is 2. The van der Waals surface area contributed by atoms with Crippen molar-refractivity contribution < 1.29 is 9.59 Å². The highest BCUT2D eigenvalue weighted by molar-refractivity contribution is 5.96. The topological polar surface area (TPSA) is 110 Å². The van der Waals surface area contributed by atoms with E-state index in [0.717, 1.165) is 33.6 Å². The zero-order valence-electron chi connectivity index (χ0n) is 18.4. The largest absolute Gasteiger partial charge is 0.324 e. The van der Waals surface area contributed by atoms with Crippen molar-refractivity contribution >= 4 is 48.0 Å². The van der Waals surface area contributed by atoms with Gasteiger partial charge in [0.1, 0.15) is 0 Å². The fourth-order valence-corrected chi connectivity index (χ4v) is 2.50. The van der Waals surface area contributed by atoms with Gasteiger partial charge in [-0.05, 0) is 63.8 Å². The van der Waals surface area contributed by atoms with Crippen LogP contribution in [0, 0.1) is 27.7 Å². The smallest absolute Gasteiger partial charge is 0.241 e. The van der Waals surface area contributed by atoms with Crippen LogP contribution in [0.15, 0.2) is 36.4 Å². The van der Waals surface area contributed by atoms with Gasteiger partial charge in [0.25, 0.3) is 0 Å². The first kappa shape index (κ1) is 30.1. The number of nitrogens with one attached hydrogen (secondary N) is 2. The fourth-order valence-electron chi connectivity index (χ4n) is 2.50. The summed E-state index contributed by atoms with van der Waals surface area (Å²) in [5, 5.41) is 5.63. The van der Waals surface area contributed by atoms with Gasteiger partial charge in [-0.1, -0.05) is 36.4 Å². The summed E-state index contributed by atoms with van der Waals surface area (Å²) in [5.41, 5.74) is 16.9. The normalized spacial score (nSPS) is 11.5. The molecule has 8 heteroatoms. The molecule has 2 rings (SSSR count). The molecule has 0 heterocycles. The predicted octanol–water partition coefficient (Wildman–Crippen LogP) is 4.02. The van der Waals surface area contributed by atoms with Crippen molar-refractivity contribution in [2.75, 3.05) is 10.6 Å². The van der Waals surface area contributed by atoms with E-state index in [1.807, 2.05) is 64.1 Å². The number of benzene rings is 2. The van der Waals surface area contributed by atoms with E-state index in [2.05, 4.69) is 10.6 Å². The summed E-state index contributed by atoms with van der Waals surface area (Å²) in [6.07, 6.45) is 0. The van der Waals surface area contributed by atoms with E-state index in [9.17, 15) is 9.59 Å². The third-order valence-electron chi connectivity index (χ3n) is 4.29. The van der Waals surface area contributed by atoms with Gasteiger partial charge in [-0.15, -0.1) is 24.8 Å². The summed E-state index contributed by atoms with van der Waals surface area (Å²) in [6.45, 7) is 11.2. The van der Waals surface area contributed by atoms with Crippen LogP contribution in [-0.4, -0.2) is 23.9 Å². The van der Waals surface area contributed by atoms with Gasteiger partial charge in [0.05, 0.1) is 12.1 Å². The van der Waals surface area contributed by atoms with E-state index in [0.29, 0.717) is 0 Å². The fraction of sp³-hybridized carbons (Fsp3) is 0.364. The van der Waals surface area contributed by atoms with Crippen LogP contribution in [0.3, 0.4) is 0 Å². The Balaban J connectivity index is 0. The number of hydrogen-bond acceptors (Lipinski definition) is 4. The van der Waals surface area contributed by atoms with Crippen LogP contribution >= 0.6 is 24.8 Å². The summed E-state index contributed by atoms with van der Waals surface area (Å²) in [6, 6.07) is 10.8. The average Bonchev–Trinajstić information content (AvgIpc) is 2.61. The minimum atomic E-state index is -0.478. The molecule has 0 bridgehead atoms. The van der Waals surface area contributed by atoms with Crippen LogP contribution in [-0.2, 0) is 9.59 Å². The maximum Gasteiger partial charge on any atom is 0.241 e. The van der Waals surface area contributed by atoms with Crippen molar-refractivity contribution in [1.82, 2.24) is 0 Å². The Morgan fingerprint density at radius 1 is 0.667 bits per heavy atom. The Morgan fingerprint density at radius 3 is 1.10 bits per heavy atom. The van der Waals surface area contributed by atoms with Crippen LogP contribution in [0.25, 0.3) is 0 Å². The first-order valence-electron chi connectivity index (χ1n) is 9.29. The van der Waals surface area contributed by atoms with Crippen molar-refractivity contribution in [3.05, 3.63) is 58.7 Å². The highest BCUT2D eigenvalue weighted by atomic mass is 35.5. The second-order valence-corrected chi connectivity index (χ2v) is 7.09. The van der Waals surface area contributed by atoms with E-state index in [1.165, 1.54) is 0 Å². The molecule has 2 amide bonds. The summed E-state index contributed by atoms with van der Waals surface area (Å²) >= 11 is 0. The second kappa shape index (κ2) is 14.0. The third-order valence-corrected chi connectivity index (χ3v) is 4.29. The van der Waals surface area contributed by atoms with Crippen molar-refractivity contribution in [3.63, 3.8) is 0 Å². The molecule has 0 saturated heterocycles. The summed E-state index contributed by atoms with van der Waals surface area (Å²) in [4.78, 5) is 22.8. The Morgan fingerprint density at radius 2 is 0.900 bits per heavy atom. The maximum atomic E-state index is 11.4. The predicted molar refractivity (Wildman–Crippen MR) is 131 cm³/mol. The average molecular weight is 457 g/mol. The molecule has 0 aliphatic rings. The molecule has 2 aromatic carbocycles. The lowest BCUT2D eigenvalue weighted by molar-refractivity contribution is -0.117. The number of para-hydroxylation sites is 2. The molecule has 2 aromatic rings. The van der Waals surface area contributed by atoms with Gasteiger partial charge in [-0.25, -0.2) is 0 Å². The number of nitrogens with two attached hydrogens (primary N) is 2. The molecule has 168 valence electrons. The van der Waals surface area contributed by atoms with E-state index in [-0.39, 0.29) is 36.6 Å². The molecule has 0 fully saturated rings. The molecule has 0 aliphatic carbocycles. The molecular weight excluding hydrogens is 423 g/mol. The number of halogens is 2. The molecule has 0 spiro atoms. The zero-order valence-corrected chi connectivity index (χ0v) is 20.0. The molecule has 30 heavy (non-hydrogen) atoms. The number of carbonyl (C=O) groups is 2. The van der Waals surface area contributed by atoms with Crippen molar-refractivity contribution in [2.24, 2.45) is 11.5 Å². The van der Waals surface area contributed by atoms with Crippen LogP contribution in [0.2, 0.25) is 0 Å². The van der Waals surface area contributed by atoms with E-state index < -0.39 is 12.1 Å². The van der Waals surface area contributed by atoms with Crippen LogP contribution in [0.1, 0.15) is 36.1 Å². The number of amides is 2. The Bertz CT molecular complexity index is 730. The van der Waals surface area contributed by atoms with Gasteiger partial charge in [-0.2, -0.15) is 0 Å². The number of anilines is 2. The maximum absolute atomic E-state index is 11.4. The van der Waals surface area contributed by atoms with E-state index >= 15 is 0 Å². The van der Waals surface area contributed by atoms with Crippen LogP contribution in [0.4, 0.5) is 11.4 Å². The van der Waals surface area contributed by atoms with E-state index in [1.54, 1.807) is 13.8 Å². The molecular formula is C22H34Cl2N4O2. The molecule has 0 aliphatic heterocycles. The molecule has 2 unspecified atom stereocenters. The lowest BCUT2D eigenvalue weighted by Gasteiger charge is -2.12. The van der Waals surface area contributed by atoms with Gasteiger partial charge in [-0.3, -0.25) is 9.59 Å². The SMILES string of the molecule is Cc1cccc(C)c1NC(=O)C(C)N.Cc1cccc(C)c1NC(=O)C(C)N.Cl.Cl. The number of rotatable bonds is 4. The molecule has 0 saturated carbocycles. The highest BCUT2D eigenvalue weighted by Crippen LogP contribution is 2.20. The van der Waals surface area contributed by atoms with Gasteiger partial charge in [0.2, 0.25) is 11.8 Å². The summed E-state index contributed by atoms with van der Waals surface area (Å²) in [7, 11) is 0.